The maximum absolute atomic E-state index is 12.7. The second-order valence-corrected chi connectivity index (χ2v) is 8.69. The number of hydrogen-bond donors (Lipinski definition) is 3. The molecule has 0 aromatic heterocycles. The highest BCUT2D eigenvalue weighted by Gasteiger charge is 2.29. The number of nitrogens with two attached hydrogens (primary N) is 1. The van der Waals surface area contributed by atoms with Crippen molar-refractivity contribution in [1.82, 2.24) is 0 Å². The van der Waals surface area contributed by atoms with Crippen LogP contribution in [0.15, 0.2) is 53.4 Å². The first-order valence-corrected chi connectivity index (χ1v) is 11.0. The number of rotatable bonds is 6. The van der Waals surface area contributed by atoms with E-state index in [1.165, 1.54) is 17.0 Å². The molecule has 2 aromatic rings. The lowest BCUT2D eigenvalue weighted by Gasteiger charge is -2.36. The van der Waals surface area contributed by atoms with Crippen LogP contribution in [-0.4, -0.2) is 53.7 Å². The van der Waals surface area contributed by atoms with Crippen LogP contribution in [0.25, 0.3) is 0 Å². The number of piperazine rings is 1. The van der Waals surface area contributed by atoms with E-state index in [9.17, 15) is 13.2 Å². The molecule has 2 aromatic carbocycles. The summed E-state index contributed by atoms with van der Waals surface area (Å²) in [5, 5.41) is 7.95. The van der Waals surface area contributed by atoms with Crippen LogP contribution in [-0.2, 0) is 14.8 Å². The Bertz CT molecular complexity index is 955. The lowest BCUT2D eigenvalue weighted by atomic mass is 10.2. The SMILES string of the molecule is COc1ccc(N2CC[NH+]([C@@H](C)C(=O)Nc3cccc(S(N)(=O)=O)c3)CC2)cc1. The molecular weight excluding hydrogens is 392 g/mol. The van der Waals surface area contributed by atoms with E-state index in [1.807, 2.05) is 31.2 Å². The van der Waals surface area contributed by atoms with Crippen molar-refractivity contribution >= 4 is 27.3 Å². The summed E-state index contributed by atoms with van der Waals surface area (Å²) >= 11 is 0. The third-order valence-electron chi connectivity index (χ3n) is 5.28. The topological polar surface area (TPSA) is 106 Å². The van der Waals surface area contributed by atoms with Gasteiger partial charge in [0.1, 0.15) is 5.75 Å². The Hall–Kier alpha value is -2.62. The summed E-state index contributed by atoms with van der Waals surface area (Å²) in [6.07, 6.45) is 0. The minimum atomic E-state index is -3.81. The molecule has 1 fully saturated rings. The van der Waals surface area contributed by atoms with Crippen LogP contribution in [0, 0.1) is 0 Å². The number of primary sulfonamides is 1. The van der Waals surface area contributed by atoms with E-state index in [-0.39, 0.29) is 16.8 Å². The van der Waals surface area contributed by atoms with Crippen LogP contribution in [0.4, 0.5) is 11.4 Å². The van der Waals surface area contributed by atoms with Gasteiger partial charge in [0.25, 0.3) is 5.91 Å². The molecule has 1 aliphatic heterocycles. The molecule has 1 amide bonds. The summed E-state index contributed by atoms with van der Waals surface area (Å²) in [5.41, 5.74) is 1.56. The van der Waals surface area contributed by atoms with Crippen molar-refractivity contribution in [2.24, 2.45) is 5.14 Å². The van der Waals surface area contributed by atoms with Crippen LogP contribution in [0.1, 0.15) is 6.92 Å². The van der Waals surface area contributed by atoms with Crippen LogP contribution in [0.2, 0.25) is 0 Å². The number of quaternary nitrogens is 1. The Balaban J connectivity index is 1.57. The quantitative estimate of drug-likeness (QED) is 0.615. The molecule has 156 valence electrons. The normalized spacial score (nSPS) is 16.3. The molecule has 1 aliphatic rings. The lowest BCUT2D eigenvalue weighted by molar-refractivity contribution is -0.914. The van der Waals surface area contributed by atoms with Crippen LogP contribution in [0.5, 0.6) is 5.75 Å². The molecule has 1 atom stereocenters. The fourth-order valence-corrected chi connectivity index (χ4v) is 4.02. The van der Waals surface area contributed by atoms with Crippen LogP contribution >= 0.6 is 0 Å². The molecule has 3 rings (SSSR count). The molecular formula is C20H27N4O4S+. The molecule has 1 heterocycles. The van der Waals surface area contributed by atoms with Gasteiger partial charge in [-0.1, -0.05) is 6.07 Å². The Morgan fingerprint density at radius 2 is 1.83 bits per heavy atom. The summed E-state index contributed by atoms with van der Waals surface area (Å²) in [4.78, 5) is 16.1. The van der Waals surface area contributed by atoms with Gasteiger partial charge in [0.15, 0.2) is 6.04 Å². The molecule has 0 spiro atoms. The largest absolute Gasteiger partial charge is 0.497 e. The number of sulfonamides is 1. The van der Waals surface area contributed by atoms with Crippen molar-refractivity contribution in [3.8, 4) is 5.75 Å². The van der Waals surface area contributed by atoms with E-state index in [1.54, 1.807) is 19.2 Å². The van der Waals surface area contributed by atoms with Crippen LogP contribution < -0.4 is 25.0 Å². The Labute approximate surface area is 171 Å². The van der Waals surface area contributed by atoms with Crippen molar-refractivity contribution in [2.75, 3.05) is 43.5 Å². The number of amides is 1. The molecule has 29 heavy (non-hydrogen) atoms. The molecule has 0 bridgehead atoms. The zero-order valence-corrected chi connectivity index (χ0v) is 17.4. The third-order valence-corrected chi connectivity index (χ3v) is 6.19. The average molecular weight is 420 g/mol. The highest BCUT2D eigenvalue weighted by molar-refractivity contribution is 7.89. The highest BCUT2D eigenvalue weighted by atomic mass is 32.2. The van der Waals surface area contributed by atoms with Gasteiger partial charge in [-0.15, -0.1) is 0 Å². The number of carbonyl (C=O) groups is 1. The molecule has 0 radical (unpaired) electrons. The fraction of sp³-hybridized carbons (Fsp3) is 0.350. The lowest BCUT2D eigenvalue weighted by Crippen LogP contribution is -3.19. The Morgan fingerprint density at radius 3 is 2.41 bits per heavy atom. The number of methoxy groups -OCH3 is 1. The van der Waals surface area contributed by atoms with Crippen molar-refractivity contribution in [3.63, 3.8) is 0 Å². The standard InChI is InChI=1S/C20H26N4O4S/c1-15(20(25)22-16-4-3-5-19(14-16)29(21,26)27)23-10-12-24(13-11-23)17-6-8-18(28-2)9-7-17/h3-9,14-15H,10-13H2,1-2H3,(H,22,25)(H2,21,26,27)/p+1/t15-/m0/s1. The number of nitrogens with one attached hydrogen (secondary N) is 2. The fourth-order valence-electron chi connectivity index (χ4n) is 3.46. The zero-order chi connectivity index (χ0) is 21.0. The monoisotopic (exact) mass is 419 g/mol. The van der Waals surface area contributed by atoms with Gasteiger partial charge in [0.05, 0.1) is 38.2 Å². The second-order valence-electron chi connectivity index (χ2n) is 7.13. The maximum Gasteiger partial charge on any atom is 0.282 e. The predicted octanol–water partition coefficient (Wildman–Crippen LogP) is 0.0747. The Kier molecular flexibility index (Phi) is 6.41. The molecule has 1 saturated heterocycles. The van der Waals surface area contributed by atoms with Gasteiger partial charge in [-0.25, -0.2) is 13.6 Å². The van der Waals surface area contributed by atoms with Crippen molar-refractivity contribution in [1.29, 1.82) is 0 Å². The predicted molar refractivity (Wildman–Crippen MR) is 112 cm³/mol. The van der Waals surface area contributed by atoms with Gasteiger partial charge in [-0.3, -0.25) is 4.79 Å². The third kappa shape index (κ3) is 5.26. The van der Waals surface area contributed by atoms with Gasteiger partial charge < -0.3 is 19.9 Å². The summed E-state index contributed by atoms with van der Waals surface area (Å²) in [7, 11) is -2.16. The summed E-state index contributed by atoms with van der Waals surface area (Å²) in [6.45, 7) is 5.24. The number of ether oxygens (including phenoxy) is 1. The van der Waals surface area contributed by atoms with Gasteiger partial charge in [0.2, 0.25) is 10.0 Å². The zero-order valence-electron chi connectivity index (χ0n) is 16.6. The second kappa shape index (κ2) is 8.81. The minimum Gasteiger partial charge on any atom is -0.497 e. The molecule has 0 unspecified atom stereocenters. The van der Waals surface area contributed by atoms with E-state index < -0.39 is 10.0 Å². The summed E-state index contributed by atoms with van der Waals surface area (Å²) < 4.78 is 28.2. The Morgan fingerprint density at radius 1 is 1.17 bits per heavy atom. The molecule has 0 aliphatic carbocycles. The van der Waals surface area contributed by atoms with E-state index in [0.717, 1.165) is 37.6 Å². The average Bonchev–Trinajstić information content (AvgIpc) is 2.73. The van der Waals surface area contributed by atoms with E-state index in [0.29, 0.717) is 5.69 Å². The summed E-state index contributed by atoms with van der Waals surface area (Å²) in [6, 6.07) is 13.7. The first-order valence-electron chi connectivity index (χ1n) is 9.45. The number of anilines is 2. The highest BCUT2D eigenvalue weighted by Crippen LogP contribution is 2.19. The van der Waals surface area contributed by atoms with E-state index >= 15 is 0 Å². The van der Waals surface area contributed by atoms with Gasteiger partial charge in [-0.2, -0.15) is 0 Å². The van der Waals surface area contributed by atoms with Gasteiger partial charge in [-0.05, 0) is 49.4 Å². The minimum absolute atomic E-state index is 0.0246. The number of carbonyl (C=O) groups excluding carboxylic acids is 1. The molecule has 8 nitrogen and oxygen atoms in total. The first-order chi connectivity index (χ1) is 13.8. The summed E-state index contributed by atoms with van der Waals surface area (Å²) in [5.74, 6) is 0.680. The number of benzene rings is 2. The maximum atomic E-state index is 12.7. The number of nitrogens with zero attached hydrogens (tertiary/aromatic N) is 1. The van der Waals surface area contributed by atoms with Crippen molar-refractivity contribution in [3.05, 3.63) is 48.5 Å². The molecule has 4 N–H and O–H groups in total. The smallest absolute Gasteiger partial charge is 0.282 e. The number of hydrogen-bond acceptors (Lipinski definition) is 5. The van der Waals surface area contributed by atoms with Gasteiger partial charge >= 0.3 is 0 Å². The van der Waals surface area contributed by atoms with E-state index in [2.05, 4.69) is 10.2 Å². The van der Waals surface area contributed by atoms with E-state index in [4.69, 9.17) is 9.88 Å². The van der Waals surface area contributed by atoms with Gasteiger partial charge in [0, 0.05) is 11.4 Å². The van der Waals surface area contributed by atoms with Crippen molar-refractivity contribution < 1.29 is 22.8 Å². The molecule has 9 heteroatoms. The van der Waals surface area contributed by atoms with Crippen molar-refractivity contribution in [2.45, 2.75) is 17.9 Å². The first kappa shape index (κ1) is 21.1. The van der Waals surface area contributed by atoms with Crippen LogP contribution in [0.3, 0.4) is 0 Å². The molecule has 0 saturated carbocycles.